The van der Waals surface area contributed by atoms with E-state index in [9.17, 15) is 31.5 Å². The first-order valence-corrected chi connectivity index (χ1v) is 17.2. The highest BCUT2D eigenvalue weighted by molar-refractivity contribution is 7.91. The van der Waals surface area contributed by atoms with Crippen LogP contribution in [0.5, 0.6) is 0 Å². The predicted molar refractivity (Wildman–Crippen MR) is 165 cm³/mol. The van der Waals surface area contributed by atoms with Gasteiger partial charge in [-0.05, 0) is 79.3 Å². The first-order valence-electron chi connectivity index (χ1n) is 15.6. The second kappa shape index (κ2) is 14.0. The van der Waals surface area contributed by atoms with Crippen LogP contribution in [0.15, 0.2) is 71.8 Å². The quantitative estimate of drug-likeness (QED) is 0.258. The summed E-state index contributed by atoms with van der Waals surface area (Å²) < 4.78 is 64.1. The van der Waals surface area contributed by atoms with Crippen LogP contribution in [-0.4, -0.2) is 54.4 Å². The molecule has 11 heteroatoms. The summed E-state index contributed by atoms with van der Waals surface area (Å²) in [5.41, 5.74) is 3.91. The largest absolute Gasteiger partial charge is 0.394 e. The number of aryl methyl sites for hydroxylation is 1. The van der Waals surface area contributed by atoms with Crippen molar-refractivity contribution in [3.8, 4) is 0 Å². The third-order valence-corrected chi connectivity index (χ3v) is 11.0. The maximum atomic E-state index is 13.3. The van der Waals surface area contributed by atoms with E-state index in [2.05, 4.69) is 22.3 Å². The zero-order valence-corrected chi connectivity index (χ0v) is 26.2. The van der Waals surface area contributed by atoms with Crippen molar-refractivity contribution in [2.45, 2.75) is 75.1 Å². The van der Waals surface area contributed by atoms with Crippen LogP contribution in [-0.2, 0) is 22.8 Å². The van der Waals surface area contributed by atoms with Gasteiger partial charge in [-0.15, -0.1) is 0 Å². The Balaban J connectivity index is 1.30. The number of aliphatic hydroxyl groups is 1. The lowest BCUT2D eigenvalue weighted by Crippen LogP contribution is -2.34. The Kier molecular flexibility index (Phi) is 10.3. The molecule has 0 spiro atoms. The van der Waals surface area contributed by atoms with E-state index < -0.39 is 33.9 Å². The molecule has 1 amide bonds. The number of rotatable bonds is 11. The number of benzene rings is 2. The van der Waals surface area contributed by atoms with E-state index in [1.165, 1.54) is 23.9 Å². The Morgan fingerprint density at radius 2 is 1.76 bits per heavy atom. The molecule has 242 valence electrons. The van der Waals surface area contributed by atoms with Crippen LogP contribution in [0.4, 0.5) is 13.2 Å². The molecule has 0 radical (unpaired) electrons. The first kappa shape index (κ1) is 33.1. The zero-order chi connectivity index (χ0) is 32.2. The molecule has 1 saturated carbocycles. The fourth-order valence-electron chi connectivity index (χ4n) is 6.59. The highest BCUT2D eigenvalue weighted by atomic mass is 32.2. The summed E-state index contributed by atoms with van der Waals surface area (Å²) in [5.74, 6) is -1.49. The molecule has 5 rings (SSSR count). The Labute approximate surface area is 262 Å². The summed E-state index contributed by atoms with van der Waals surface area (Å²) in [4.78, 5) is 20.5. The smallest absolute Gasteiger partial charge is 0.391 e. The number of fused-ring (bicyclic) bond motifs is 1. The third-order valence-electron chi connectivity index (χ3n) is 9.25. The normalized spacial score (nSPS) is 21.3. The van der Waals surface area contributed by atoms with Crippen molar-refractivity contribution in [2.75, 3.05) is 18.9 Å². The van der Waals surface area contributed by atoms with Crippen molar-refractivity contribution in [3.63, 3.8) is 0 Å². The monoisotopic (exact) mass is 643 g/mol. The van der Waals surface area contributed by atoms with Gasteiger partial charge in [-0.3, -0.25) is 14.7 Å². The van der Waals surface area contributed by atoms with Gasteiger partial charge >= 0.3 is 6.18 Å². The van der Waals surface area contributed by atoms with Gasteiger partial charge < -0.3 is 10.4 Å². The average molecular weight is 644 g/mol. The summed E-state index contributed by atoms with van der Waals surface area (Å²) in [6, 6.07) is 17.3. The molecular formula is C34H40F3N3O4S. The molecule has 1 aliphatic heterocycles. The second-order valence-electron chi connectivity index (χ2n) is 12.2. The van der Waals surface area contributed by atoms with E-state index in [0.29, 0.717) is 37.1 Å². The fraction of sp³-hybridized carbons (Fsp3) is 0.471. The first-order chi connectivity index (χ1) is 21.5. The summed E-state index contributed by atoms with van der Waals surface area (Å²) in [5, 5.41) is 12.9. The number of aliphatic hydroxyl groups excluding tert-OH is 1. The molecule has 2 atom stereocenters. The molecule has 2 aliphatic rings. The summed E-state index contributed by atoms with van der Waals surface area (Å²) >= 11 is 0. The van der Waals surface area contributed by atoms with Crippen LogP contribution in [0, 0.1) is 11.8 Å². The van der Waals surface area contributed by atoms with Gasteiger partial charge in [0.25, 0.3) is 5.91 Å². The highest BCUT2D eigenvalue weighted by Gasteiger charge is 2.42. The van der Waals surface area contributed by atoms with E-state index in [4.69, 9.17) is 4.98 Å². The SMILES string of the molecule is CCS(=O)(=O)c1ccc([C@H](CO)NC(=O)c2cnc3c(c2)CN(CC2CCC(C(F)(F)F)CC2)[C@H]3CCc2ccccc2)cc1. The minimum atomic E-state index is -4.14. The number of pyridine rings is 1. The van der Waals surface area contributed by atoms with E-state index in [-0.39, 0.29) is 42.1 Å². The number of amides is 1. The van der Waals surface area contributed by atoms with E-state index in [1.54, 1.807) is 19.1 Å². The Bertz CT molecular complexity index is 1560. The van der Waals surface area contributed by atoms with Gasteiger partial charge in [-0.1, -0.05) is 49.4 Å². The van der Waals surface area contributed by atoms with Crippen LogP contribution in [0.3, 0.4) is 0 Å². The number of hydrogen-bond acceptors (Lipinski definition) is 6. The van der Waals surface area contributed by atoms with Gasteiger partial charge in [0.1, 0.15) is 0 Å². The number of halogens is 3. The standard InChI is InChI=1S/C34H40F3N3O4S/c1-2-45(43,44)29-15-11-25(12-16-29)30(22-41)39-33(42)26-18-27-21-40(20-24-8-13-28(14-9-24)34(35,36)37)31(32(27)38-19-26)17-10-23-6-4-3-5-7-23/h3-7,11-12,15-16,18-19,24,28,30-31,41H,2,8-10,13-14,17,20-22H2,1H3,(H,39,42)/t24?,28?,30-,31-/m0/s1. The third kappa shape index (κ3) is 7.93. The van der Waals surface area contributed by atoms with Crippen molar-refractivity contribution < 1.29 is 31.5 Å². The number of sulfone groups is 1. The van der Waals surface area contributed by atoms with Crippen LogP contribution < -0.4 is 5.32 Å². The predicted octanol–water partition coefficient (Wildman–Crippen LogP) is 6.20. The van der Waals surface area contributed by atoms with Crippen molar-refractivity contribution in [1.29, 1.82) is 0 Å². The number of hydrogen-bond donors (Lipinski definition) is 2. The maximum absolute atomic E-state index is 13.3. The fourth-order valence-corrected chi connectivity index (χ4v) is 7.47. The second-order valence-corrected chi connectivity index (χ2v) is 14.5. The summed E-state index contributed by atoms with van der Waals surface area (Å²) in [7, 11) is -3.37. The number of carbonyl (C=O) groups is 1. The molecule has 45 heavy (non-hydrogen) atoms. The van der Waals surface area contributed by atoms with Gasteiger partial charge in [0.2, 0.25) is 0 Å². The van der Waals surface area contributed by atoms with E-state index in [0.717, 1.165) is 24.1 Å². The highest BCUT2D eigenvalue weighted by Crippen LogP contribution is 2.42. The molecule has 1 aliphatic carbocycles. The van der Waals surface area contributed by atoms with E-state index in [1.807, 2.05) is 24.3 Å². The van der Waals surface area contributed by atoms with Crippen LogP contribution in [0.1, 0.15) is 83.9 Å². The van der Waals surface area contributed by atoms with Crippen LogP contribution in [0.25, 0.3) is 0 Å². The molecule has 7 nitrogen and oxygen atoms in total. The van der Waals surface area contributed by atoms with Gasteiger partial charge in [0, 0.05) is 19.3 Å². The van der Waals surface area contributed by atoms with E-state index >= 15 is 0 Å². The summed E-state index contributed by atoms with van der Waals surface area (Å²) in [6.45, 7) is 2.42. The van der Waals surface area contributed by atoms with Crippen LogP contribution in [0.2, 0.25) is 0 Å². The van der Waals surface area contributed by atoms with Crippen LogP contribution >= 0.6 is 0 Å². The Morgan fingerprint density at radius 3 is 2.38 bits per heavy atom. The number of nitrogens with one attached hydrogen (secondary N) is 1. The molecule has 2 N–H and O–H groups in total. The number of aromatic nitrogens is 1. The lowest BCUT2D eigenvalue weighted by Gasteiger charge is -2.34. The molecule has 0 bridgehead atoms. The molecule has 3 aromatic rings. The molecule has 0 unspecified atom stereocenters. The lowest BCUT2D eigenvalue weighted by molar-refractivity contribution is -0.184. The maximum Gasteiger partial charge on any atom is 0.391 e. The topological polar surface area (TPSA) is 99.6 Å². The van der Waals surface area contributed by atoms with Gasteiger partial charge in [0.05, 0.1) is 46.5 Å². The van der Waals surface area contributed by atoms with Gasteiger partial charge in [0.15, 0.2) is 9.84 Å². The summed E-state index contributed by atoms with van der Waals surface area (Å²) in [6.07, 6.45) is 0.418. The van der Waals surface area contributed by atoms with Gasteiger partial charge in [-0.25, -0.2) is 8.42 Å². The average Bonchev–Trinajstić information content (AvgIpc) is 3.38. The van der Waals surface area contributed by atoms with Crippen molar-refractivity contribution in [3.05, 3.63) is 94.8 Å². The molecule has 2 aromatic carbocycles. The van der Waals surface area contributed by atoms with Crippen molar-refractivity contribution in [2.24, 2.45) is 11.8 Å². The van der Waals surface area contributed by atoms with Crippen molar-refractivity contribution in [1.82, 2.24) is 15.2 Å². The lowest BCUT2D eigenvalue weighted by atomic mass is 9.81. The molecule has 2 heterocycles. The molecular weight excluding hydrogens is 603 g/mol. The zero-order valence-electron chi connectivity index (χ0n) is 25.3. The number of nitrogens with zero attached hydrogens (tertiary/aromatic N) is 2. The minimum absolute atomic E-state index is 0.0132. The Morgan fingerprint density at radius 1 is 1.07 bits per heavy atom. The van der Waals surface area contributed by atoms with Crippen molar-refractivity contribution >= 4 is 15.7 Å². The number of carbonyl (C=O) groups excluding carboxylic acids is 1. The number of alkyl halides is 3. The molecule has 1 fully saturated rings. The molecule has 1 aromatic heterocycles. The Hall–Kier alpha value is -3.28. The molecule has 0 saturated heterocycles. The minimum Gasteiger partial charge on any atom is -0.394 e. The van der Waals surface area contributed by atoms with Gasteiger partial charge in [-0.2, -0.15) is 13.2 Å².